The number of rotatable bonds is 8. The van der Waals surface area contributed by atoms with Crippen LogP contribution in [0.25, 0.3) is 6.08 Å². The van der Waals surface area contributed by atoms with Crippen LogP contribution >= 0.6 is 0 Å². The van der Waals surface area contributed by atoms with Crippen molar-refractivity contribution in [1.82, 2.24) is 0 Å². The van der Waals surface area contributed by atoms with E-state index in [1.165, 1.54) is 12.1 Å². The van der Waals surface area contributed by atoms with E-state index in [0.29, 0.717) is 17.9 Å². The first-order valence-electron chi connectivity index (χ1n) is 6.80. The van der Waals surface area contributed by atoms with E-state index in [4.69, 9.17) is 9.84 Å². The largest absolute Gasteiger partial charge is 0.492 e. The van der Waals surface area contributed by atoms with Crippen LogP contribution in [0.15, 0.2) is 31.4 Å². The highest BCUT2D eigenvalue weighted by molar-refractivity contribution is 5.89. The molecule has 0 fully saturated rings. The summed E-state index contributed by atoms with van der Waals surface area (Å²) in [5.41, 5.74) is -0.0188. The van der Waals surface area contributed by atoms with Crippen molar-refractivity contribution in [2.45, 2.75) is 26.7 Å². The van der Waals surface area contributed by atoms with Crippen molar-refractivity contribution in [1.29, 1.82) is 0 Å². The van der Waals surface area contributed by atoms with Gasteiger partial charge in [0, 0.05) is 17.0 Å². The summed E-state index contributed by atoms with van der Waals surface area (Å²) in [5.74, 6) is -1.83. The molecule has 1 rings (SSSR count). The van der Waals surface area contributed by atoms with Crippen LogP contribution in [0, 0.1) is 11.2 Å². The first-order valence-corrected chi connectivity index (χ1v) is 6.80. The molecule has 0 saturated heterocycles. The molecule has 1 atom stereocenters. The van der Waals surface area contributed by atoms with Gasteiger partial charge in [0.2, 0.25) is 0 Å². The van der Waals surface area contributed by atoms with Crippen molar-refractivity contribution in [3.05, 3.63) is 48.3 Å². The van der Waals surface area contributed by atoms with Crippen LogP contribution in [0.3, 0.4) is 0 Å². The van der Waals surface area contributed by atoms with Crippen LogP contribution in [-0.4, -0.2) is 17.7 Å². The number of carbonyl (C=O) groups is 1. The molecule has 0 aliphatic carbocycles. The smallest absolute Gasteiger partial charge is 0.338 e. The third-order valence-electron chi connectivity index (χ3n) is 3.62. The summed E-state index contributed by atoms with van der Waals surface area (Å²) in [5, 5.41) is 8.92. The Hall–Kier alpha value is -2.10. The van der Waals surface area contributed by atoms with Crippen molar-refractivity contribution < 1.29 is 19.0 Å². The topological polar surface area (TPSA) is 46.5 Å². The first kappa shape index (κ1) is 17.0. The Kier molecular flexibility index (Phi) is 5.70. The molecule has 0 heterocycles. The predicted octanol–water partition coefficient (Wildman–Crippen LogP) is 4.54. The summed E-state index contributed by atoms with van der Waals surface area (Å²) in [6.07, 6.45) is 4.95. The molecular formula is C17H21FO3. The number of aromatic carboxylic acids is 1. The molecule has 114 valence electrons. The SMILES string of the molecule is C=CCC(C)(CC)COc1cc(F)c(C(=O)O)cc1C=C. The molecule has 0 saturated carbocycles. The number of hydrogen-bond acceptors (Lipinski definition) is 2. The Morgan fingerprint density at radius 1 is 1.48 bits per heavy atom. The van der Waals surface area contributed by atoms with Crippen molar-refractivity contribution >= 4 is 12.0 Å². The van der Waals surface area contributed by atoms with Crippen LogP contribution in [0.1, 0.15) is 42.6 Å². The molecule has 1 unspecified atom stereocenters. The van der Waals surface area contributed by atoms with Gasteiger partial charge >= 0.3 is 5.97 Å². The minimum Gasteiger partial charge on any atom is -0.492 e. The van der Waals surface area contributed by atoms with E-state index in [0.717, 1.165) is 18.9 Å². The summed E-state index contributed by atoms with van der Waals surface area (Å²) in [6, 6.07) is 2.33. The molecule has 0 aliphatic rings. The Morgan fingerprint density at radius 3 is 2.62 bits per heavy atom. The van der Waals surface area contributed by atoms with Crippen LogP contribution in [0.2, 0.25) is 0 Å². The molecule has 0 aromatic heterocycles. The Labute approximate surface area is 124 Å². The van der Waals surface area contributed by atoms with E-state index in [9.17, 15) is 9.18 Å². The summed E-state index contributed by atoms with van der Waals surface area (Å²) < 4.78 is 19.5. The highest BCUT2D eigenvalue weighted by atomic mass is 19.1. The molecule has 0 bridgehead atoms. The van der Waals surface area contributed by atoms with Crippen LogP contribution in [-0.2, 0) is 0 Å². The molecule has 0 radical (unpaired) electrons. The van der Waals surface area contributed by atoms with E-state index in [2.05, 4.69) is 27.0 Å². The molecule has 4 heteroatoms. The summed E-state index contributed by atoms with van der Waals surface area (Å²) >= 11 is 0. The fourth-order valence-corrected chi connectivity index (χ4v) is 1.93. The number of benzene rings is 1. The lowest BCUT2D eigenvalue weighted by molar-refractivity contribution is 0.0691. The third-order valence-corrected chi connectivity index (χ3v) is 3.62. The maximum atomic E-state index is 13.8. The monoisotopic (exact) mass is 292 g/mol. The highest BCUT2D eigenvalue weighted by Crippen LogP contribution is 2.30. The fraction of sp³-hybridized carbons (Fsp3) is 0.353. The molecule has 1 aromatic carbocycles. The number of allylic oxidation sites excluding steroid dienone is 1. The van der Waals surface area contributed by atoms with Gasteiger partial charge in [-0.3, -0.25) is 0 Å². The van der Waals surface area contributed by atoms with E-state index in [1.807, 2.05) is 6.08 Å². The second kappa shape index (κ2) is 7.07. The van der Waals surface area contributed by atoms with Gasteiger partial charge in [-0.05, 0) is 18.9 Å². The van der Waals surface area contributed by atoms with Gasteiger partial charge in [0.25, 0.3) is 0 Å². The molecule has 3 nitrogen and oxygen atoms in total. The fourth-order valence-electron chi connectivity index (χ4n) is 1.93. The van der Waals surface area contributed by atoms with Crippen molar-refractivity contribution in [3.63, 3.8) is 0 Å². The van der Waals surface area contributed by atoms with Crippen LogP contribution < -0.4 is 4.74 Å². The Balaban J connectivity index is 3.03. The van der Waals surface area contributed by atoms with Crippen molar-refractivity contribution in [2.24, 2.45) is 5.41 Å². The average molecular weight is 292 g/mol. The molecule has 0 amide bonds. The maximum Gasteiger partial charge on any atom is 0.338 e. The molecule has 0 aliphatic heterocycles. The lowest BCUT2D eigenvalue weighted by Gasteiger charge is -2.27. The van der Waals surface area contributed by atoms with Gasteiger partial charge in [-0.15, -0.1) is 6.58 Å². The highest BCUT2D eigenvalue weighted by Gasteiger charge is 2.22. The van der Waals surface area contributed by atoms with Crippen molar-refractivity contribution in [3.8, 4) is 5.75 Å². The lowest BCUT2D eigenvalue weighted by atomic mass is 9.85. The molecule has 21 heavy (non-hydrogen) atoms. The average Bonchev–Trinajstić information content (AvgIpc) is 2.45. The summed E-state index contributed by atoms with van der Waals surface area (Å²) in [7, 11) is 0. The lowest BCUT2D eigenvalue weighted by Crippen LogP contribution is -2.24. The predicted molar refractivity (Wildman–Crippen MR) is 82.2 cm³/mol. The van der Waals surface area contributed by atoms with Gasteiger partial charge in [-0.1, -0.05) is 32.6 Å². The number of hydrogen-bond donors (Lipinski definition) is 1. The second-order valence-electron chi connectivity index (χ2n) is 5.32. The van der Waals surface area contributed by atoms with Gasteiger partial charge in [-0.25, -0.2) is 9.18 Å². The van der Waals surface area contributed by atoms with E-state index < -0.39 is 11.8 Å². The Morgan fingerprint density at radius 2 is 2.14 bits per heavy atom. The zero-order valence-electron chi connectivity index (χ0n) is 12.5. The van der Waals surface area contributed by atoms with Crippen LogP contribution in [0.5, 0.6) is 5.75 Å². The van der Waals surface area contributed by atoms with Gasteiger partial charge in [-0.2, -0.15) is 0 Å². The standard InChI is InChI=1S/C17H21FO3/c1-5-8-17(4,7-3)11-21-15-10-14(18)13(16(19)20)9-12(15)6-2/h5-6,9-10H,1-2,7-8,11H2,3-4H3,(H,19,20). The zero-order valence-corrected chi connectivity index (χ0v) is 12.5. The second-order valence-corrected chi connectivity index (χ2v) is 5.32. The number of carboxylic acid groups (broad SMARTS) is 1. The number of ether oxygens (including phenoxy) is 1. The number of carboxylic acids is 1. The van der Waals surface area contributed by atoms with E-state index in [1.54, 1.807) is 0 Å². The van der Waals surface area contributed by atoms with Crippen molar-refractivity contribution in [2.75, 3.05) is 6.61 Å². The third kappa shape index (κ3) is 4.18. The van der Waals surface area contributed by atoms with Crippen LogP contribution in [0.4, 0.5) is 4.39 Å². The van der Waals surface area contributed by atoms with Gasteiger partial charge < -0.3 is 9.84 Å². The molecule has 1 N–H and O–H groups in total. The minimum atomic E-state index is -1.31. The summed E-state index contributed by atoms with van der Waals surface area (Å²) in [4.78, 5) is 10.9. The van der Waals surface area contributed by atoms with E-state index in [-0.39, 0.29) is 11.0 Å². The molecule has 0 spiro atoms. The summed E-state index contributed by atoms with van der Waals surface area (Å²) in [6.45, 7) is 11.8. The first-order chi connectivity index (χ1) is 9.86. The van der Waals surface area contributed by atoms with Gasteiger partial charge in [0.05, 0.1) is 12.2 Å². The maximum absolute atomic E-state index is 13.8. The van der Waals surface area contributed by atoms with Gasteiger partial charge in [0.15, 0.2) is 0 Å². The quantitative estimate of drug-likeness (QED) is 0.716. The van der Waals surface area contributed by atoms with Gasteiger partial charge in [0.1, 0.15) is 11.6 Å². The normalized spacial score (nSPS) is 13.3. The molecule has 1 aromatic rings. The minimum absolute atomic E-state index is 0.0951. The zero-order chi connectivity index (χ0) is 16.0. The molecular weight excluding hydrogens is 271 g/mol. The number of halogens is 1. The van der Waals surface area contributed by atoms with E-state index >= 15 is 0 Å². The Bertz CT molecular complexity index is 551.